The van der Waals surface area contributed by atoms with Crippen LogP contribution in [0.25, 0.3) is 6.08 Å². The van der Waals surface area contributed by atoms with Crippen LogP contribution in [0.5, 0.6) is 11.5 Å². The predicted molar refractivity (Wildman–Crippen MR) is 175 cm³/mol. The molecule has 7 nitrogen and oxygen atoms in total. The van der Waals surface area contributed by atoms with E-state index in [2.05, 4.69) is 36.9 Å². The summed E-state index contributed by atoms with van der Waals surface area (Å²) in [5, 5.41) is 0. The van der Waals surface area contributed by atoms with Crippen LogP contribution in [0.1, 0.15) is 50.4 Å². The van der Waals surface area contributed by atoms with Crippen molar-refractivity contribution in [2.75, 3.05) is 6.61 Å². The Morgan fingerprint density at radius 2 is 1.86 bits per heavy atom. The Balaban J connectivity index is 1.67. The average Bonchev–Trinajstić information content (AvgIpc) is 3.26. The molecule has 1 aromatic heterocycles. The third-order valence-corrected chi connectivity index (χ3v) is 8.74. The summed E-state index contributed by atoms with van der Waals surface area (Å²) in [4.78, 5) is 32.7. The molecular weight excluding hydrogens is 715 g/mol. The summed E-state index contributed by atoms with van der Waals surface area (Å²) < 4.78 is 34.5. The van der Waals surface area contributed by atoms with Crippen molar-refractivity contribution in [2.24, 2.45) is 4.99 Å². The van der Waals surface area contributed by atoms with E-state index in [1.165, 1.54) is 28.0 Å². The van der Waals surface area contributed by atoms with Crippen LogP contribution >= 0.6 is 43.2 Å². The quantitative estimate of drug-likeness (QED) is 0.176. The molecule has 0 saturated heterocycles. The third-order valence-electron chi connectivity index (χ3n) is 6.71. The fourth-order valence-electron chi connectivity index (χ4n) is 4.87. The molecule has 1 aliphatic heterocycles. The number of nitrogens with zero attached hydrogens (tertiary/aromatic N) is 2. The maximum Gasteiger partial charge on any atom is 0.338 e. The molecule has 1 atom stereocenters. The zero-order valence-electron chi connectivity index (χ0n) is 24.4. The first-order valence-corrected chi connectivity index (χ1v) is 16.3. The molecule has 0 amide bonds. The molecule has 0 radical (unpaired) electrons. The molecule has 0 aliphatic carbocycles. The zero-order chi connectivity index (χ0) is 31.5. The number of esters is 1. The molecule has 0 bridgehead atoms. The van der Waals surface area contributed by atoms with E-state index >= 15 is 0 Å². The molecule has 0 N–H and O–H groups in total. The Hall–Kier alpha value is -3.54. The number of halogens is 3. The summed E-state index contributed by atoms with van der Waals surface area (Å²) in [7, 11) is 0. The summed E-state index contributed by atoms with van der Waals surface area (Å²) in [6, 6.07) is 16.3. The van der Waals surface area contributed by atoms with Crippen LogP contribution in [-0.2, 0) is 16.1 Å². The first kappa shape index (κ1) is 31.9. The Bertz CT molecular complexity index is 1930. The molecule has 5 rings (SSSR count). The minimum atomic E-state index is -0.814. The molecule has 11 heteroatoms. The van der Waals surface area contributed by atoms with E-state index in [-0.39, 0.29) is 36.3 Å². The minimum absolute atomic E-state index is 0.133. The number of carbonyl (C=O) groups is 1. The number of para-hydroxylation sites is 1. The first-order chi connectivity index (χ1) is 21.1. The highest BCUT2D eigenvalue weighted by Crippen LogP contribution is 2.37. The van der Waals surface area contributed by atoms with Gasteiger partial charge in [0.25, 0.3) is 5.56 Å². The van der Waals surface area contributed by atoms with Gasteiger partial charge in [0.1, 0.15) is 30.0 Å². The van der Waals surface area contributed by atoms with Crippen LogP contribution in [0, 0.1) is 5.82 Å². The number of aromatic nitrogens is 1. The van der Waals surface area contributed by atoms with Crippen molar-refractivity contribution < 1.29 is 23.4 Å². The van der Waals surface area contributed by atoms with E-state index in [1.807, 2.05) is 50.2 Å². The third kappa shape index (κ3) is 6.74. The van der Waals surface area contributed by atoms with Gasteiger partial charge in [0.05, 0.1) is 33.0 Å². The highest BCUT2D eigenvalue weighted by Gasteiger charge is 2.35. The van der Waals surface area contributed by atoms with E-state index in [4.69, 9.17) is 14.2 Å². The number of hydrogen-bond donors (Lipinski definition) is 0. The van der Waals surface area contributed by atoms with Gasteiger partial charge in [-0.05, 0) is 85.6 Å². The molecule has 228 valence electrons. The van der Waals surface area contributed by atoms with Crippen molar-refractivity contribution in [2.45, 2.75) is 46.4 Å². The van der Waals surface area contributed by atoms with Crippen LogP contribution in [0.15, 0.2) is 90.7 Å². The van der Waals surface area contributed by atoms with Crippen molar-refractivity contribution in [3.63, 3.8) is 0 Å². The van der Waals surface area contributed by atoms with Gasteiger partial charge in [0, 0.05) is 15.6 Å². The number of carbonyl (C=O) groups excluding carboxylic acids is 1. The number of thiazole rings is 1. The lowest BCUT2D eigenvalue weighted by molar-refractivity contribution is -0.139. The summed E-state index contributed by atoms with van der Waals surface area (Å²) in [5.41, 5.74) is 2.50. The summed E-state index contributed by atoms with van der Waals surface area (Å²) in [5.74, 6) is 0.206. The normalized spacial score (nSPS) is 14.8. The zero-order valence-corrected chi connectivity index (χ0v) is 28.4. The van der Waals surface area contributed by atoms with Crippen molar-refractivity contribution in [1.29, 1.82) is 0 Å². The Kier molecular flexibility index (Phi) is 9.87. The standard InChI is InChI=1S/C33H29Br2FN2O5S/c1-5-41-32(40)28-19(4)37-33-38(29(28)24-8-6-7-9-26(24)43-18(2)3)31(39)27(44-33)15-21-14-22(34)16-25(35)30(21)42-17-20-10-12-23(36)13-11-20/h6-16,18,29H,5,17H2,1-4H3/b27-15-/t29-/m0/s1. The van der Waals surface area contributed by atoms with E-state index in [0.29, 0.717) is 42.1 Å². The van der Waals surface area contributed by atoms with Gasteiger partial charge in [-0.1, -0.05) is 57.6 Å². The van der Waals surface area contributed by atoms with Crippen LogP contribution in [0.2, 0.25) is 0 Å². The van der Waals surface area contributed by atoms with Gasteiger partial charge in [-0.3, -0.25) is 9.36 Å². The lowest BCUT2D eigenvalue weighted by Gasteiger charge is -2.26. The minimum Gasteiger partial charge on any atom is -0.491 e. The second-order valence-corrected chi connectivity index (χ2v) is 13.0. The van der Waals surface area contributed by atoms with Gasteiger partial charge < -0.3 is 14.2 Å². The number of hydrogen-bond acceptors (Lipinski definition) is 7. The van der Waals surface area contributed by atoms with Crippen LogP contribution in [-0.4, -0.2) is 23.2 Å². The van der Waals surface area contributed by atoms with Gasteiger partial charge in [0.15, 0.2) is 4.80 Å². The molecule has 0 fully saturated rings. The van der Waals surface area contributed by atoms with Crippen molar-refractivity contribution in [3.8, 4) is 11.5 Å². The SMILES string of the molecule is CCOC(=O)C1=C(C)N=c2s/c(=C\c3cc(Br)cc(Br)c3OCc3ccc(F)cc3)c(=O)n2[C@H]1c1ccccc1OC(C)C. The number of ether oxygens (including phenoxy) is 3. The summed E-state index contributed by atoms with van der Waals surface area (Å²) in [6.45, 7) is 7.68. The molecule has 44 heavy (non-hydrogen) atoms. The van der Waals surface area contributed by atoms with Crippen molar-refractivity contribution in [1.82, 2.24) is 4.57 Å². The van der Waals surface area contributed by atoms with Crippen molar-refractivity contribution >= 4 is 55.2 Å². The largest absolute Gasteiger partial charge is 0.491 e. The van der Waals surface area contributed by atoms with Gasteiger partial charge >= 0.3 is 5.97 Å². The lowest BCUT2D eigenvalue weighted by Crippen LogP contribution is -2.40. The smallest absolute Gasteiger partial charge is 0.338 e. The van der Waals surface area contributed by atoms with Crippen LogP contribution < -0.4 is 24.4 Å². The highest BCUT2D eigenvalue weighted by molar-refractivity contribution is 9.11. The molecule has 3 aromatic carbocycles. The second-order valence-electron chi connectivity index (χ2n) is 10.2. The highest BCUT2D eigenvalue weighted by atomic mass is 79.9. The second kappa shape index (κ2) is 13.6. The van der Waals surface area contributed by atoms with E-state index in [0.717, 1.165) is 10.0 Å². The van der Waals surface area contributed by atoms with Crippen molar-refractivity contribution in [3.05, 3.63) is 123 Å². The van der Waals surface area contributed by atoms with E-state index in [1.54, 1.807) is 32.1 Å². The molecule has 0 saturated carbocycles. The number of allylic oxidation sites excluding steroid dienone is 1. The summed E-state index contributed by atoms with van der Waals surface area (Å²) >= 11 is 8.33. The van der Waals surface area contributed by atoms with Gasteiger partial charge in [-0.15, -0.1) is 0 Å². The van der Waals surface area contributed by atoms with Gasteiger partial charge in [0.2, 0.25) is 0 Å². The molecule has 1 aliphatic rings. The maximum absolute atomic E-state index is 14.2. The molecule has 0 unspecified atom stereocenters. The first-order valence-electron chi connectivity index (χ1n) is 13.9. The van der Waals surface area contributed by atoms with Gasteiger partial charge in [-0.25, -0.2) is 14.2 Å². The Morgan fingerprint density at radius 1 is 1.14 bits per heavy atom. The predicted octanol–water partition coefficient (Wildman–Crippen LogP) is 6.83. The summed E-state index contributed by atoms with van der Waals surface area (Å²) in [6.07, 6.45) is 1.61. The topological polar surface area (TPSA) is 79.1 Å². The van der Waals surface area contributed by atoms with E-state index in [9.17, 15) is 14.0 Å². The molecule has 4 aromatic rings. The average molecular weight is 744 g/mol. The van der Waals surface area contributed by atoms with E-state index < -0.39 is 12.0 Å². The monoisotopic (exact) mass is 742 g/mol. The Morgan fingerprint density at radius 3 is 2.57 bits per heavy atom. The van der Waals surface area contributed by atoms with Gasteiger partial charge in [-0.2, -0.15) is 0 Å². The maximum atomic E-state index is 14.2. The molecule has 2 heterocycles. The number of fused-ring (bicyclic) bond motifs is 1. The molecular formula is C33H29Br2FN2O5S. The fourth-order valence-corrected chi connectivity index (χ4v) is 7.28. The number of rotatable bonds is 9. The Labute approximate surface area is 274 Å². The molecule has 0 spiro atoms. The lowest BCUT2D eigenvalue weighted by atomic mass is 9.95. The van der Waals surface area contributed by atoms with Crippen LogP contribution in [0.4, 0.5) is 4.39 Å². The fraction of sp³-hybridized carbons (Fsp3) is 0.242. The number of benzene rings is 3. The van der Waals surface area contributed by atoms with Crippen LogP contribution in [0.3, 0.4) is 0 Å².